The molecule has 1 rings (SSSR count). The highest BCUT2D eigenvalue weighted by molar-refractivity contribution is 6.55. The highest BCUT2D eigenvalue weighted by Gasteiger charge is 2.19. The first-order chi connectivity index (χ1) is 7.65. The van der Waals surface area contributed by atoms with Crippen molar-refractivity contribution >= 4 is 8.80 Å². The lowest BCUT2D eigenvalue weighted by Gasteiger charge is -2.24. The summed E-state index contributed by atoms with van der Waals surface area (Å²) in [4.78, 5) is 0. The van der Waals surface area contributed by atoms with Gasteiger partial charge in [0.05, 0.1) is 14.9 Å². The van der Waals surface area contributed by atoms with Gasteiger partial charge >= 0.3 is 0 Å². The fraction of sp³-hybridized carbons (Fsp3) is 0.538. The van der Waals surface area contributed by atoms with E-state index in [-0.39, 0.29) is 21.0 Å². The fourth-order valence-electron chi connectivity index (χ4n) is 1.63. The van der Waals surface area contributed by atoms with Crippen LogP contribution in [0, 0.1) is 0 Å². The van der Waals surface area contributed by atoms with Crippen LogP contribution < -0.4 is 0 Å². The van der Waals surface area contributed by atoms with Crippen LogP contribution >= 0.6 is 0 Å². The van der Waals surface area contributed by atoms with E-state index >= 15 is 0 Å². The van der Waals surface area contributed by atoms with Crippen LogP contribution in [0.3, 0.4) is 0 Å². The van der Waals surface area contributed by atoms with Gasteiger partial charge in [-0.15, -0.1) is 0 Å². The molecule has 89 valence electrons. The maximum Gasteiger partial charge on any atom is 0.108 e. The van der Waals surface area contributed by atoms with Gasteiger partial charge in [-0.1, -0.05) is 43.4 Å². The zero-order chi connectivity index (χ0) is 12.0. The molecule has 0 aliphatic heterocycles. The molecular formula is C13H21O2Si. The molecule has 0 aliphatic rings. The first-order valence-electron chi connectivity index (χ1n) is 5.63. The first-order valence-corrected chi connectivity index (χ1v) is 8.34. The van der Waals surface area contributed by atoms with E-state index in [1.54, 1.807) is 7.11 Å². The van der Waals surface area contributed by atoms with Crippen LogP contribution in [0.5, 0.6) is 0 Å². The lowest BCUT2D eigenvalue weighted by Crippen LogP contribution is -2.25. The molecule has 0 fully saturated rings. The van der Waals surface area contributed by atoms with Gasteiger partial charge in [-0.05, 0) is 12.5 Å². The molecule has 16 heavy (non-hydrogen) atoms. The highest BCUT2D eigenvalue weighted by Crippen LogP contribution is 2.22. The van der Waals surface area contributed by atoms with Gasteiger partial charge in [-0.25, -0.2) is 0 Å². The van der Waals surface area contributed by atoms with Crippen molar-refractivity contribution in [3.63, 3.8) is 0 Å². The Hall–Kier alpha value is -0.643. The lowest BCUT2D eigenvalue weighted by molar-refractivity contribution is -0.0353. The van der Waals surface area contributed by atoms with Crippen LogP contribution in [0.4, 0.5) is 0 Å². The molecule has 0 bridgehead atoms. The molecule has 1 aromatic carbocycles. The molecule has 3 heteroatoms. The van der Waals surface area contributed by atoms with Crippen molar-refractivity contribution in [3.05, 3.63) is 35.9 Å². The molecule has 0 spiro atoms. The monoisotopic (exact) mass is 237 g/mol. The van der Waals surface area contributed by atoms with Crippen LogP contribution in [0.25, 0.3) is 0 Å². The zero-order valence-electron chi connectivity index (χ0n) is 10.6. The van der Waals surface area contributed by atoms with Gasteiger partial charge in [0.15, 0.2) is 0 Å². The van der Waals surface area contributed by atoms with Crippen LogP contribution in [0.1, 0.15) is 18.6 Å². The summed E-state index contributed by atoms with van der Waals surface area (Å²) in [5.41, 5.74) is 1.18. The van der Waals surface area contributed by atoms with Crippen LogP contribution in [0.15, 0.2) is 30.3 Å². The van der Waals surface area contributed by atoms with E-state index in [1.165, 1.54) is 5.56 Å². The summed E-state index contributed by atoms with van der Waals surface area (Å²) >= 11 is 0. The molecule has 1 aromatic rings. The normalized spacial score (nSPS) is 15.1. The van der Waals surface area contributed by atoms with Gasteiger partial charge in [0.1, 0.15) is 6.10 Å². The Morgan fingerprint density at radius 2 is 1.81 bits per heavy atom. The molecule has 2 nitrogen and oxygen atoms in total. The van der Waals surface area contributed by atoms with Gasteiger partial charge in [0.2, 0.25) is 0 Å². The van der Waals surface area contributed by atoms with Crippen molar-refractivity contribution in [2.45, 2.75) is 32.2 Å². The summed E-state index contributed by atoms with van der Waals surface area (Å²) < 4.78 is 11.3. The van der Waals surface area contributed by atoms with E-state index in [0.29, 0.717) is 0 Å². The number of hydrogen-bond donors (Lipinski definition) is 0. The summed E-state index contributed by atoms with van der Waals surface area (Å²) in [5, 5.41) is 0. The Morgan fingerprint density at radius 1 is 1.19 bits per heavy atom. The maximum absolute atomic E-state index is 5.83. The number of ether oxygens (including phenoxy) is 2. The Labute approximate surface area is 100 Å². The van der Waals surface area contributed by atoms with Crippen LogP contribution in [-0.2, 0) is 9.47 Å². The second-order valence-corrected chi connectivity index (χ2v) is 6.99. The van der Waals surface area contributed by atoms with Crippen molar-refractivity contribution in [1.82, 2.24) is 0 Å². The molecule has 0 unspecified atom stereocenters. The molecule has 0 N–H and O–H groups in total. The van der Waals surface area contributed by atoms with E-state index in [2.05, 4.69) is 32.2 Å². The van der Waals surface area contributed by atoms with Crippen molar-refractivity contribution in [3.8, 4) is 0 Å². The third-order valence-corrected chi connectivity index (χ3v) is 3.19. The van der Waals surface area contributed by atoms with E-state index in [4.69, 9.17) is 9.47 Å². The standard InChI is InChI=1S/C13H21O2Si/c1-11(15-10-16(3)4)13(14-2)12-8-6-5-7-9-12/h5-9,11,13H,10H2,1-4H3/t11-,13-/m1/s1. The SMILES string of the molecule is CO[C@@H](c1ccccc1)[C@@H](C)OC[Si](C)C. The van der Waals surface area contributed by atoms with Crippen molar-refractivity contribution in [2.24, 2.45) is 0 Å². The molecule has 0 aliphatic carbocycles. The molecule has 0 amide bonds. The smallest absolute Gasteiger partial charge is 0.108 e. The minimum Gasteiger partial charge on any atom is -0.379 e. The molecule has 0 saturated carbocycles. The molecule has 2 atom stereocenters. The predicted octanol–water partition coefficient (Wildman–Crippen LogP) is 3.07. The summed E-state index contributed by atoms with van der Waals surface area (Å²) in [5.74, 6) is 0. The van der Waals surface area contributed by atoms with E-state index in [0.717, 1.165) is 6.23 Å². The Kier molecular flexibility index (Phi) is 5.73. The maximum atomic E-state index is 5.83. The van der Waals surface area contributed by atoms with Crippen molar-refractivity contribution in [1.29, 1.82) is 0 Å². The number of benzene rings is 1. The second kappa shape index (κ2) is 6.84. The minimum absolute atomic E-state index is 0.0301. The third kappa shape index (κ3) is 4.08. The topological polar surface area (TPSA) is 18.5 Å². The third-order valence-electron chi connectivity index (χ3n) is 2.44. The van der Waals surface area contributed by atoms with Crippen molar-refractivity contribution in [2.75, 3.05) is 13.3 Å². The van der Waals surface area contributed by atoms with Crippen LogP contribution in [0.2, 0.25) is 13.1 Å². The number of rotatable bonds is 6. The minimum atomic E-state index is -0.330. The number of methoxy groups -OCH3 is 1. The van der Waals surface area contributed by atoms with Gasteiger partial charge in [-0.3, -0.25) is 0 Å². The fourth-order valence-corrected chi connectivity index (χ4v) is 2.22. The molecule has 1 radical (unpaired) electrons. The van der Waals surface area contributed by atoms with E-state index < -0.39 is 0 Å². The first kappa shape index (κ1) is 13.4. The highest BCUT2D eigenvalue weighted by atomic mass is 28.3. The van der Waals surface area contributed by atoms with Gasteiger partial charge in [0, 0.05) is 13.3 Å². The predicted molar refractivity (Wildman–Crippen MR) is 69.1 cm³/mol. The summed E-state index contributed by atoms with van der Waals surface area (Å²) in [6, 6.07) is 10.2. The molecular weight excluding hydrogens is 216 g/mol. The summed E-state index contributed by atoms with van der Waals surface area (Å²) in [6.45, 7) is 6.58. The second-order valence-electron chi connectivity index (χ2n) is 4.29. The van der Waals surface area contributed by atoms with E-state index in [9.17, 15) is 0 Å². The average molecular weight is 237 g/mol. The zero-order valence-corrected chi connectivity index (χ0v) is 11.6. The Balaban J connectivity index is 2.60. The Bertz CT molecular complexity index is 287. The lowest BCUT2D eigenvalue weighted by atomic mass is 10.1. The quantitative estimate of drug-likeness (QED) is 0.708. The number of hydrogen-bond acceptors (Lipinski definition) is 2. The summed E-state index contributed by atoms with van der Waals surface area (Å²) in [6.07, 6.45) is 1.01. The average Bonchev–Trinajstić information content (AvgIpc) is 2.29. The van der Waals surface area contributed by atoms with Crippen LogP contribution in [-0.4, -0.2) is 28.2 Å². The summed E-state index contributed by atoms with van der Waals surface area (Å²) in [7, 11) is 1.41. The van der Waals surface area contributed by atoms with Crippen molar-refractivity contribution < 1.29 is 9.47 Å². The van der Waals surface area contributed by atoms with Gasteiger partial charge < -0.3 is 9.47 Å². The van der Waals surface area contributed by atoms with E-state index in [1.807, 2.05) is 18.2 Å². The molecule has 0 aromatic heterocycles. The molecule has 0 heterocycles. The van der Waals surface area contributed by atoms with Gasteiger partial charge in [-0.2, -0.15) is 0 Å². The van der Waals surface area contributed by atoms with Gasteiger partial charge in [0.25, 0.3) is 0 Å². The molecule has 0 saturated heterocycles. The largest absolute Gasteiger partial charge is 0.379 e. The Morgan fingerprint density at radius 3 is 2.31 bits per heavy atom.